The summed E-state index contributed by atoms with van der Waals surface area (Å²) in [6.07, 6.45) is 3.82. The quantitative estimate of drug-likeness (QED) is 0.823. The Morgan fingerprint density at radius 1 is 1.15 bits per heavy atom. The van der Waals surface area contributed by atoms with Crippen LogP contribution in [0.25, 0.3) is 0 Å². The Labute approximate surface area is 161 Å². The molecule has 1 fully saturated rings. The fourth-order valence-corrected chi connectivity index (χ4v) is 3.28. The van der Waals surface area contributed by atoms with Crippen LogP contribution >= 0.6 is 0 Å². The van der Waals surface area contributed by atoms with Crippen LogP contribution in [0.2, 0.25) is 0 Å². The van der Waals surface area contributed by atoms with Gasteiger partial charge in [-0.2, -0.15) is 10.1 Å². The summed E-state index contributed by atoms with van der Waals surface area (Å²) in [5, 5.41) is 4.61. The third kappa shape index (κ3) is 4.64. The Kier molecular flexibility index (Phi) is 5.48. The number of rotatable bonds is 4. The van der Waals surface area contributed by atoms with Crippen molar-refractivity contribution in [2.45, 2.75) is 45.6 Å². The fourth-order valence-electron chi connectivity index (χ4n) is 3.28. The molecule has 27 heavy (non-hydrogen) atoms. The third-order valence-corrected chi connectivity index (χ3v) is 5.05. The lowest BCUT2D eigenvalue weighted by Crippen LogP contribution is -2.38. The molecule has 1 aliphatic heterocycles. The molecule has 0 aromatic carbocycles. The molecule has 0 bridgehead atoms. The highest BCUT2D eigenvalue weighted by Gasteiger charge is 2.23. The summed E-state index contributed by atoms with van der Waals surface area (Å²) in [5.74, 6) is 2.14. The predicted octanol–water partition coefficient (Wildman–Crippen LogP) is 2.31. The van der Waals surface area contributed by atoms with Crippen LogP contribution in [-0.2, 0) is 12.0 Å². The van der Waals surface area contributed by atoms with Crippen LogP contribution in [0.3, 0.4) is 0 Å². The average Bonchev–Trinajstić information content (AvgIpc) is 2.63. The van der Waals surface area contributed by atoms with Crippen molar-refractivity contribution >= 4 is 11.8 Å². The van der Waals surface area contributed by atoms with Gasteiger partial charge in [-0.1, -0.05) is 20.8 Å². The molecule has 7 nitrogen and oxygen atoms in total. The van der Waals surface area contributed by atoms with Crippen LogP contribution in [-0.4, -0.2) is 46.9 Å². The summed E-state index contributed by atoms with van der Waals surface area (Å²) in [6, 6.07) is 5.40. The molecule has 0 atom stereocenters. The first-order valence-electron chi connectivity index (χ1n) is 9.58. The Hall–Kier alpha value is -2.44. The second-order valence-electron chi connectivity index (χ2n) is 8.53. The first-order valence-corrected chi connectivity index (χ1v) is 9.58. The van der Waals surface area contributed by atoms with E-state index in [9.17, 15) is 4.79 Å². The predicted molar refractivity (Wildman–Crippen MR) is 108 cm³/mol. The molecule has 7 heteroatoms. The molecule has 2 aromatic heterocycles. The Morgan fingerprint density at radius 3 is 2.48 bits per heavy atom. The Morgan fingerprint density at radius 2 is 1.85 bits per heavy atom. The monoisotopic (exact) mass is 370 g/mol. The van der Waals surface area contributed by atoms with E-state index in [0.29, 0.717) is 12.5 Å². The van der Waals surface area contributed by atoms with E-state index < -0.39 is 0 Å². The molecular formula is C20H30N6O. The topological polar surface area (TPSA) is 67.2 Å². The molecule has 0 radical (unpaired) electrons. The fraction of sp³-hybridized carbons (Fsp3) is 0.600. The van der Waals surface area contributed by atoms with Crippen molar-refractivity contribution in [3.05, 3.63) is 40.4 Å². The van der Waals surface area contributed by atoms with Gasteiger partial charge in [0, 0.05) is 51.4 Å². The summed E-state index contributed by atoms with van der Waals surface area (Å²) in [6.45, 7) is 8.82. The summed E-state index contributed by atoms with van der Waals surface area (Å²) < 4.78 is 1.64. The lowest BCUT2D eigenvalue weighted by Gasteiger charge is -2.32. The minimum absolute atomic E-state index is 0.0209. The number of nitrogens with zero attached hydrogens (tertiary/aromatic N) is 6. The molecule has 0 amide bonds. The maximum atomic E-state index is 12.2. The SMILES string of the molecule is CN(C)c1ccnc(N2CCC(Cn3nc(C(C)(C)C)ccc3=O)CC2)n1. The van der Waals surface area contributed by atoms with Gasteiger partial charge >= 0.3 is 0 Å². The van der Waals surface area contributed by atoms with Crippen molar-refractivity contribution in [2.24, 2.45) is 5.92 Å². The highest BCUT2D eigenvalue weighted by Crippen LogP contribution is 2.23. The molecule has 2 aromatic rings. The van der Waals surface area contributed by atoms with E-state index >= 15 is 0 Å². The molecule has 3 heterocycles. The van der Waals surface area contributed by atoms with Crippen LogP contribution in [0, 0.1) is 5.92 Å². The summed E-state index contributed by atoms with van der Waals surface area (Å²) in [7, 11) is 3.96. The Balaban J connectivity index is 1.65. The van der Waals surface area contributed by atoms with Gasteiger partial charge in [0.25, 0.3) is 5.56 Å². The van der Waals surface area contributed by atoms with Crippen molar-refractivity contribution in [3.8, 4) is 0 Å². The number of hydrogen-bond donors (Lipinski definition) is 0. The van der Waals surface area contributed by atoms with Crippen LogP contribution in [0.1, 0.15) is 39.3 Å². The average molecular weight is 371 g/mol. The molecule has 0 spiro atoms. The van der Waals surface area contributed by atoms with Crippen molar-refractivity contribution in [2.75, 3.05) is 37.0 Å². The third-order valence-electron chi connectivity index (χ3n) is 5.05. The molecule has 0 unspecified atom stereocenters. The zero-order valence-corrected chi connectivity index (χ0v) is 17.0. The van der Waals surface area contributed by atoms with E-state index in [2.05, 4.69) is 40.7 Å². The number of hydrogen-bond acceptors (Lipinski definition) is 6. The van der Waals surface area contributed by atoms with Gasteiger partial charge in [-0.25, -0.2) is 9.67 Å². The van der Waals surface area contributed by atoms with Gasteiger partial charge in [-0.15, -0.1) is 0 Å². The molecular weight excluding hydrogens is 340 g/mol. The molecule has 1 aliphatic rings. The molecule has 0 N–H and O–H groups in total. The van der Waals surface area contributed by atoms with Crippen LogP contribution < -0.4 is 15.4 Å². The zero-order valence-electron chi connectivity index (χ0n) is 17.0. The first kappa shape index (κ1) is 19.3. The van der Waals surface area contributed by atoms with Crippen molar-refractivity contribution in [1.82, 2.24) is 19.7 Å². The van der Waals surface area contributed by atoms with Crippen LogP contribution in [0.4, 0.5) is 11.8 Å². The van der Waals surface area contributed by atoms with Crippen molar-refractivity contribution in [1.29, 1.82) is 0 Å². The van der Waals surface area contributed by atoms with E-state index in [1.54, 1.807) is 10.7 Å². The van der Waals surface area contributed by atoms with E-state index in [4.69, 9.17) is 0 Å². The second-order valence-corrected chi connectivity index (χ2v) is 8.53. The van der Waals surface area contributed by atoms with E-state index in [-0.39, 0.29) is 11.0 Å². The molecule has 0 aliphatic carbocycles. The minimum Gasteiger partial charge on any atom is -0.363 e. The normalized spacial score (nSPS) is 15.8. The van der Waals surface area contributed by atoms with Crippen LogP contribution in [0.15, 0.2) is 29.2 Å². The summed E-state index contributed by atoms with van der Waals surface area (Å²) in [5.41, 5.74) is 0.869. The Bertz CT molecular complexity index is 831. The highest BCUT2D eigenvalue weighted by atomic mass is 16.1. The van der Waals surface area contributed by atoms with E-state index in [0.717, 1.165) is 43.4 Å². The maximum absolute atomic E-state index is 12.2. The van der Waals surface area contributed by atoms with Gasteiger partial charge in [0.15, 0.2) is 0 Å². The molecule has 3 rings (SSSR count). The maximum Gasteiger partial charge on any atom is 0.266 e. The van der Waals surface area contributed by atoms with E-state index in [1.807, 2.05) is 37.3 Å². The molecule has 146 valence electrons. The van der Waals surface area contributed by atoms with Crippen LogP contribution in [0.5, 0.6) is 0 Å². The van der Waals surface area contributed by atoms with Gasteiger partial charge in [0.1, 0.15) is 5.82 Å². The number of piperidine rings is 1. The largest absolute Gasteiger partial charge is 0.363 e. The smallest absolute Gasteiger partial charge is 0.266 e. The lowest BCUT2D eigenvalue weighted by molar-refractivity contribution is 0.328. The minimum atomic E-state index is -0.0619. The number of anilines is 2. The molecule has 1 saturated heterocycles. The summed E-state index contributed by atoms with van der Waals surface area (Å²) in [4.78, 5) is 25.5. The summed E-state index contributed by atoms with van der Waals surface area (Å²) >= 11 is 0. The second kappa shape index (κ2) is 7.66. The molecule has 0 saturated carbocycles. The van der Waals surface area contributed by atoms with Crippen molar-refractivity contribution in [3.63, 3.8) is 0 Å². The first-order chi connectivity index (χ1) is 12.7. The van der Waals surface area contributed by atoms with Crippen molar-refractivity contribution < 1.29 is 0 Å². The lowest BCUT2D eigenvalue weighted by atomic mass is 9.92. The van der Waals surface area contributed by atoms with Gasteiger partial charge in [-0.05, 0) is 30.9 Å². The van der Waals surface area contributed by atoms with Gasteiger partial charge in [0.05, 0.1) is 5.69 Å². The zero-order chi connectivity index (χ0) is 19.6. The van der Waals surface area contributed by atoms with Gasteiger partial charge in [-0.3, -0.25) is 4.79 Å². The van der Waals surface area contributed by atoms with Gasteiger partial charge in [0.2, 0.25) is 5.95 Å². The van der Waals surface area contributed by atoms with E-state index in [1.165, 1.54) is 0 Å². The van der Waals surface area contributed by atoms with Gasteiger partial charge < -0.3 is 9.80 Å². The number of aromatic nitrogens is 4. The highest BCUT2D eigenvalue weighted by molar-refractivity contribution is 5.42. The standard InChI is InChI=1S/C20H30N6O/c1-20(2,3)16-6-7-18(27)26(23-16)14-15-9-12-25(13-10-15)19-21-11-8-17(22-19)24(4)5/h6-8,11,15H,9-10,12-14H2,1-5H3.